The number of carbonyl (C=O) groups is 1. The number of amides is 1. The SMILES string of the molecule is C[C@@H]1CN(C(=O)O)CCN1C(c1ccccc1)c1nnn(CCC#N)n1. The minimum Gasteiger partial charge on any atom is -0.465 e. The van der Waals surface area contributed by atoms with Gasteiger partial charge in [-0.1, -0.05) is 30.3 Å². The maximum absolute atomic E-state index is 11.3. The molecule has 26 heavy (non-hydrogen) atoms. The highest BCUT2D eigenvalue weighted by Gasteiger charge is 2.35. The van der Waals surface area contributed by atoms with Crippen molar-refractivity contribution in [2.24, 2.45) is 0 Å². The summed E-state index contributed by atoms with van der Waals surface area (Å²) in [6.07, 6.45) is -0.576. The number of piperazine rings is 1. The number of rotatable bonds is 5. The lowest BCUT2D eigenvalue weighted by Crippen LogP contribution is -2.54. The van der Waals surface area contributed by atoms with E-state index < -0.39 is 6.09 Å². The zero-order valence-electron chi connectivity index (χ0n) is 14.6. The summed E-state index contributed by atoms with van der Waals surface area (Å²) in [5.74, 6) is 0.560. The molecule has 1 saturated heterocycles. The summed E-state index contributed by atoms with van der Waals surface area (Å²) < 4.78 is 0. The van der Waals surface area contributed by atoms with Crippen molar-refractivity contribution in [1.82, 2.24) is 30.0 Å². The first kappa shape index (κ1) is 17.8. The van der Waals surface area contributed by atoms with E-state index in [1.54, 1.807) is 0 Å². The first-order chi connectivity index (χ1) is 12.6. The monoisotopic (exact) mass is 355 g/mol. The van der Waals surface area contributed by atoms with E-state index in [-0.39, 0.29) is 12.1 Å². The average Bonchev–Trinajstić information content (AvgIpc) is 3.11. The molecule has 9 heteroatoms. The van der Waals surface area contributed by atoms with Crippen molar-refractivity contribution >= 4 is 6.09 Å². The van der Waals surface area contributed by atoms with Crippen LogP contribution >= 0.6 is 0 Å². The lowest BCUT2D eigenvalue weighted by Gasteiger charge is -2.42. The van der Waals surface area contributed by atoms with E-state index in [4.69, 9.17) is 5.26 Å². The molecule has 1 unspecified atom stereocenters. The minimum absolute atomic E-state index is 0.0103. The summed E-state index contributed by atoms with van der Waals surface area (Å²) in [5.41, 5.74) is 1.03. The van der Waals surface area contributed by atoms with Crippen LogP contribution in [-0.4, -0.2) is 66.9 Å². The third-order valence-electron chi connectivity index (χ3n) is 4.53. The predicted octanol–water partition coefficient (Wildman–Crippen LogP) is 1.36. The fourth-order valence-corrected chi connectivity index (χ4v) is 3.26. The van der Waals surface area contributed by atoms with Crippen LogP contribution < -0.4 is 0 Å². The Hall–Kier alpha value is -2.99. The van der Waals surface area contributed by atoms with E-state index in [1.807, 2.05) is 37.3 Å². The van der Waals surface area contributed by atoms with Crippen molar-refractivity contribution in [3.05, 3.63) is 41.7 Å². The molecule has 0 radical (unpaired) electrons. The summed E-state index contributed by atoms with van der Waals surface area (Å²) in [6, 6.07) is 11.8. The van der Waals surface area contributed by atoms with E-state index >= 15 is 0 Å². The van der Waals surface area contributed by atoms with Gasteiger partial charge < -0.3 is 10.0 Å². The second-order valence-electron chi connectivity index (χ2n) is 6.28. The van der Waals surface area contributed by atoms with Gasteiger partial charge in [-0.15, -0.1) is 10.2 Å². The number of benzene rings is 1. The third-order valence-corrected chi connectivity index (χ3v) is 4.53. The molecule has 2 heterocycles. The number of aromatic nitrogens is 4. The molecule has 1 aliphatic rings. The van der Waals surface area contributed by atoms with Gasteiger partial charge in [0.15, 0.2) is 5.82 Å². The third kappa shape index (κ3) is 3.81. The zero-order chi connectivity index (χ0) is 18.5. The predicted molar refractivity (Wildman–Crippen MR) is 92.1 cm³/mol. The molecule has 1 aliphatic heterocycles. The molecular formula is C17H21N7O2. The molecule has 1 fully saturated rings. The Kier molecular flexibility index (Phi) is 5.43. The summed E-state index contributed by atoms with van der Waals surface area (Å²) in [5, 5.41) is 30.7. The molecule has 9 nitrogen and oxygen atoms in total. The number of tetrazole rings is 1. The average molecular weight is 355 g/mol. The number of nitrogens with zero attached hydrogens (tertiary/aromatic N) is 7. The maximum atomic E-state index is 11.3. The van der Waals surface area contributed by atoms with Crippen LogP contribution in [0, 0.1) is 11.3 Å². The van der Waals surface area contributed by atoms with Crippen molar-refractivity contribution in [3.8, 4) is 6.07 Å². The molecule has 3 rings (SSSR count). The van der Waals surface area contributed by atoms with Crippen LogP contribution in [0.15, 0.2) is 30.3 Å². The normalized spacial score (nSPS) is 19.1. The van der Waals surface area contributed by atoms with Crippen LogP contribution in [0.3, 0.4) is 0 Å². The summed E-state index contributed by atoms with van der Waals surface area (Å²) in [4.78, 5) is 16.3. The minimum atomic E-state index is -0.895. The quantitative estimate of drug-likeness (QED) is 0.862. The number of hydrogen-bond acceptors (Lipinski definition) is 6. The summed E-state index contributed by atoms with van der Waals surface area (Å²) >= 11 is 0. The van der Waals surface area contributed by atoms with Gasteiger partial charge in [0, 0.05) is 25.7 Å². The fraction of sp³-hybridized carbons (Fsp3) is 0.471. The standard InChI is InChI=1S/C17H21N7O2/c1-13-12-22(17(25)26)10-11-23(13)15(14-6-3-2-4-7-14)16-19-21-24(20-16)9-5-8-18/h2-4,6-7,13,15H,5,9-12H2,1H3,(H,25,26)/t13-,15?/m1/s1. The van der Waals surface area contributed by atoms with Crippen molar-refractivity contribution in [2.75, 3.05) is 19.6 Å². The van der Waals surface area contributed by atoms with Crippen LogP contribution in [0.1, 0.15) is 30.8 Å². The van der Waals surface area contributed by atoms with E-state index in [9.17, 15) is 9.90 Å². The first-order valence-corrected chi connectivity index (χ1v) is 8.53. The first-order valence-electron chi connectivity index (χ1n) is 8.53. The highest BCUT2D eigenvalue weighted by molar-refractivity contribution is 5.65. The molecule has 1 aromatic heterocycles. The largest absolute Gasteiger partial charge is 0.465 e. The molecule has 0 saturated carbocycles. The Morgan fingerprint density at radius 1 is 1.38 bits per heavy atom. The zero-order valence-corrected chi connectivity index (χ0v) is 14.6. The van der Waals surface area contributed by atoms with Crippen molar-refractivity contribution in [1.29, 1.82) is 5.26 Å². The van der Waals surface area contributed by atoms with Gasteiger partial charge in [-0.25, -0.2) is 4.79 Å². The second-order valence-corrected chi connectivity index (χ2v) is 6.28. The highest BCUT2D eigenvalue weighted by Crippen LogP contribution is 2.29. The van der Waals surface area contributed by atoms with Crippen LogP contribution in [0.5, 0.6) is 0 Å². The maximum Gasteiger partial charge on any atom is 0.407 e. The molecular weight excluding hydrogens is 334 g/mol. The van der Waals surface area contributed by atoms with Gasteiger partial charge in [0.2, 0.25) is 0 Å². The van der Waals surface area contributed by atoms with Gasteiger partial charge in [-0.05, 0) is 17.7 Å². The molecule has 2 atom stereocenters. The van der Waals surface area contributed by atoms with Gasteiger partial charge >= 0.3 is 6.09 Å². The second kappa shape index (κ2) is 7.93. The van der Waals surface area contributed by atoms with Crippen molar-refractivity contribution in [3.63, 3.8) is 0 Å². The Morgan fingerprint density at radius 3 is 2.81 bits per heavy atom. The van der Waals surface area contributed by atoms with Crippen molar-refractivity contribution in [2.45, 2.75) is 32.0 Å². The van der Waals surface area contributed by atoms with Gasteiger partial charge in [-0.3, -0.25) is 4.90 Å². The lowest BCUT2D eigenvalue weighted by atomic mass is 10.0. The molecule has 2 aromatic rings. The van der Waals surface area contributed by atoms with Crippen LogP contribution in [0.25, 0.3) is 0 Å². The van der Waals surface area contributed by atoms with Gasteiger partial charge in [0.25, 0.3) is 0 Å². The topological polar surface area (TPSA) is 111 Å². The molecule has 0 bridgehead atoms. The number of aryl methyl sites for hydroxylation is 1. The Balaban J connectivity index is 1.89. The van der Waals surface area contributed by atoms with Crippen molar-refractivity contribution < 1.29 is 9.90 Å². The van der Waals surface area contributed by atoms with E-state index in [0.717, 1.165) is 5.56 Å². The van der Waals surface area contributed by atoms with E-state index in [0.29, 0.717) is 38.4 Å². The number of nitriles is 1. The number of carboxylic acid groups (broad SMARTS) is 1. The highest BCUT2D eigenvalue weighted by atomic mass is 16.4. The van der Waals surface area contributed by atoms with Crippen LogP contribution in [-0.2, 0) is 6.54 Å². The summed E-state index contributed by atoms with van der Waals surface area (Å²) in [6.45, 7) is 3.85. The van der Waals surface area contributed by atoms with Gasteiger partial charge in [0.1, 0.15) is 0 Å². The van der Waals surface area contributed by atoms with E-state index in [2.05, 4.69) is 26.4 Å². The lowest BCUT2D eigenvalue weighted by molar-refractivity contribution is 0.0562. The molecule has 1 N–H and O–H groups in total. The molecule has 0 spiro atoms. The molecule has 1 amide bonds. The Bertz CT molecular complexity index is 786. The Morgan fingerprint density at radius 2 is 2.15 bits per heavy atom. The van der Waals surface area contributed by atoms with Gasteiger partial charge in [-0.2, -0.15) is 10.1 Å². The smallest absolute Gasteiger partial charge is 0.407 e. The van der Waals surface area contributed by atoms with Crippen LogP contribution in [0.4, 0.5) is 4.79 Å². The summed E-state index contributed by atoms with van der Waals surface area (Å²) in [7, 11) is 0. The van der Waals surface area contributed by atoms with E-state index in [1.165, 1.54) is 9.70 Å². The Labute approximate surface area is 151 Å². The number of hydrogen-bond donors (Lipinski definition) is 1. The fourth-order valence-electron chi connectivity index (χ4n) is 3.26. The molecule has 1 aromatic carbocycles. The molecule has 136 valence electrons. The van der Waals surface area contributed by atoms with Crippen LogP contribution in [0.2, 0.25) is 0 Å². The van der Waals surface area contributed by atoms with Gasteiger partial charge in [0.05, 0.1) is 25.1 Å². The molecule has 0 aliphatic carbocycles.